The van der Waals surface area contributed by atoms with Crippen molar-refractivity contribution in [2.45, 2.75) is 6.54 Å². The number of nitriles is 1. The van der Waals surface area contributed by atoms with Gasteiger partial charge in [0.2, 0.25) is 0 Å². The van der Waals surface area contributed by atoms with Gasteiger partial charge in [-0.3, -0.25) is 4.79 Å². The van der Waals surface area contributed by atoms with Gasteiger partial charge in [-0.2, -0.15) is 5.26 Å². The number of nitrogens with zero attached hydrogens (tertiary/aromatic N) is 3. The number of carbonyl (C=O) groups excluding carboxylic acids is 1. The van der Waals surface area contributed by atoms with E-state index in [2.05, 4.69) is 15.3 Å². The highest BCUT2D eigenvalue weighted by atomic mass is 32.1. The van der Waals surface area contributed by atoms with Crippen molar-refractivity contribution in [3.63, 3.8) is 0 Å². The normalized spacial score (nSPS) is 10.2. The Balaban J connectivity index is 1.73. The molecule has 5 nitrogen and oxygen atoms in total. The van der Waals surface area contributed by atoms with Gasteiger partial charge in [-0.1, -0.05) is 12.1 Å². The molecule has 0 saturated carbocycles. The molecule has 0 aliphatic rings. The van der Waals surface area contributed by atoms with Crippen LogP contribution in [0.3, 0.4) is 0 Å². The fourth-order valence-corrected chi connectivity index (χ4v) is 2.76. The molecule has 0 unspecified atom stereocenters. The molecule has 1 aromatic carbocycles. The summed E-state index contributed by atoms with van der Waals surface area (Å²) < 4.78 is 1.08. The number of thiazole rings is 1. The Labute approximate surface area is 124 Å². The van der Waals surface area contributed by atoms with Crippen molar-refractivity contribution in [2.75, 3.05) is 0 Å². The van der Waals surface area contributed by atoms with Crippen LogP contribution >= 0.6 is 11.3 Å². The summed E-state index contributed by atoms with van der Waals surface area (Å²) >= 11 is 1.56. The van der Waals surface area contributed by atoms with Crippen LogP contribution in [0.15, 0.2) is 42.0 Å². The van der Waals surface area contributed by atoms with E-state index < -0.39 is 0 Å². The van der Waals surface area contributed by atoms with E-state index in [9.17, 15) is 4.79 Å². The van der Waals surface area contributed by atoms with Gasteiger partial charge in [-0.15, -0.1) is 11.3 Å². The van der Waals surface area contributed by atoms with E-state index in [0.717, 1.165) is 15.8 Å². The summed E-state index contributed by atoms with van der Waals surface area (Å²) in [6.07, 6.45) is 1.40. The molecule has 102 valence electrons. The van der Waals surface area contributed by atoms with Crippen molar-refractivity contribution in [1.29, 1.82) is 5.26 Å². The van der Waals surface area contributed by atoms with Crippen LogP contribution in [-0.4, -0.2) is 15.9 Å². The summed E-state index contributed by atoms with van der Waals surface area (Å²) in [7, 11) is 0. The molecule has 2 heterocycles. The number of benzene rings is 1. The SMILES string of the molecule is N#Cc1ccc(C(=O)NCc2cccc3ncsc23)cn1. The zero-order valence-corrected chi connectivity index (χ0v) is 11.7. The molecular formula is C15H10N4OS. The van der Waals surface area contributed by atoms with Crippen LogP contribution in [-0.2, 0) is 6.54 Å². The van der Waals surface area contributed by atoms with E-state index in [-0.39, 0.29) is 5.91 Å². The number of hydrogen-bond donors (Lipinski definition) is 1. The average Bonchev–Trinajstić information content (AvgIpc) is 3.02. The highest BCUT2D eigenvalue weighted by Crippen LogP contribution is 2.21. The van der Waals surface area contributed by atoms with Crippen LogP contribution in [0.5, 0.6) is 0 Å². The highest BCUT2D eigenvalue weighted by Gasteiger charge is 2.08. The zero-order valence-electron chi connectivity index (χ0n) is 10.9. The highest BCUT2D eigenvalue weighted by molar-refractivity contribution is 7.16. The number of hydrogen-bond acceptors (Lipinski definition) is 5. The van der Waals surface area contributed by atoms with Crippen LogP contribution in [0.2, 0.25) is 0 Å². The summed E-state index contributed by atoms with van der Waals surface area (Å²) in [5, 5.41) is 11.5. The summed E-state index contributed by atoms with van der Waals surface area (Å²) in [6, 6.07) is 10.9. The Morgan fingerprint density at radius 3 is 2.95 bits per heavy atom. The van der Waals surface area contributed by atoms with E-state index in [1.807, 2.05) is 24.3 Å². The molecule has 1 amide bonds. The molecule has 0 spiro atoms. The van der Waals surface area contributed by atoms with Crippen molar-refractivity contribution in [2.24, 2.45) is 0 Å². The van der Waals surface area contributed by atoms with Crippen molar-refractivity contribution < 1.29 is 4.79 Å². The average molecular weight is 294 g/mol. The molecule has 0 aliphatic heterocycles. The van der Waals surface area contributed by atoms with Crippen molar-refractivity contribution in [3.05, 3.63) is 58.9 Å². The van der Waals surface area contributed by atoms with Gasteiger partial charge in [-0.25, -0.2) is 9.97 Å². The van der Waals surface area contributed by atoms with E-state index >= 15 is 0 Å². The molecule has 0 radical (unpaired) electrons. The lowest BCUT2D eigenvalue weighted by atomic mass is 10.2. The quantitative estimate of drug-likeness (QED) is 0.805. The van der Waals surface area contributed by atoms with Crippen LogP contribution in [0.4, 0.5) is 0 Å². The van der Waals surface area contributed by atoms with E-state index in [4.69, 9.17) is 5.26 Å². The third-order valence-corrected chi connectivity index (χ3v) is 3.94. The first-order valence-electron chi connectivity index (χ1n) is 6.23. The maximum Gasteiger partial charge on any atom is 0.253 e. The molecule has 0 bridgehead atoms. The Kier molecular flexibility index (Phi) is 3.58. The lowest BCUT2D eigenvalue weighted by Crippen LogP contribution is -2.23. The largest absolute Gasteiger partial charge is 0.348 e. The van der Waals surface area contributed by atoms with Gasteiger partial charge < -0.3 is 5.32 Å². The van der Waals surface area contributed by atoms with E-state index in [1.54, 1.807) is 22.9 Å². The van der Waals surface area contributed by atoms with E-state index in [1.165, 1.54) is 12.3 Å². The minimum atomic E-state index is -0.214. The number of carbonyl (C=O) groups is 1. The maximum atomic E-state index is 12.0. The molecule has 0 saturated heterocycles. The Hall–Kier alpha value is -2.78. The smallest absolute Gasteiger partial charge is 0.253 e. The minimum Gasteiger partial charge on any atom is -0.348 e. The molecule has 3 aromatic rings. The van der Waals surface area contributed by atoms with Gasteiger partial charge in [0.25, 0.3) is 5.91 Å². The standard InChI is InChI=1S/C15H10N4OS/c16-6-12-5-4-11(8-17-12)15(20)18-7-10-2-1-3-13-14(10)21-9-19-13/h1-5,8-9H,7H2,(H,18,20). The van der Waals surface area contributed by atoms with Crippen LogP contribution in [0.25, 0.3) is 10.2 Å². The van der Waals surface area contributed by atoms with Crippen LogP contribution < -0.4 is 5.32 Å². The maximum absolute atomic E-state index is 12.0. The van der Waals surface area contributed by atoms with Gasteiger partial charge >= 0.3 is 0 Å². The van der Waals surface area contributed by atoms with Gasteiger partial charge in [0.05, 0.1) is 21.3 Å². The summed E-state index contributed by atoms with van der Waals surface area (Å²) in [4.78, 5) is 20.2. The number of fused-ring (bicyclic) bond motifs is 1. The Morgan fingerprint density at radius 1 is 1.29 bits per heavy atom. The second-order valence-electron chi connectivity index (χ2n) is 4.34. The van der Waals surface area contributed by atoms with Crippen molar-refractivity contribution in [3.8, 4) is 6.07 Å². The second-order valence-corrected chi connectivity index (χ2v) is 5.20. The lowest BCUT2D eigenvalue weighted by Gasteiger charge is -2.06. The fourth-order valence-electron chi connectivity index (χ4n) is 1.96. The fraction of sp³-hybridized carbons (Fsp3) is 0.0667. The van der Waals surface area contributed by atoms with Crippen LogP contribution in [0, 0.1) is 11.3 Å². The lowest BCUT2D eigenvalue weighted by molar-refractivity contribution is 0.0950. The van der Waals surface area contributed by atoms with Gasteiger partial charge in [0.15, 0.2) is 0 Å². The predicted molar refractivity (Wildman–Crippen MR) is 79.7 cm³/mol. The summed E-state index contributed by atoms with van der Waals surface area (Å²) in [5.41, 5.74) is 4.49. The van der Waals surface area contributed by atoms with Gasteiger partial charge in [0, 0.05) is 12.7 Å². The van der Waals surface area contributed by atoms with Crippen molar-refractivity contribution >= 4 is 27.5 Å². The number of pyridine rings is 1. The number of amides is 1. The number of aromatic nitrogens is 2. The zero-order chi connectivity index (χ0) is 14.7. The molecule has 2 aromatic heterocycles. The predicted octanol–water partition coefficient (Wildman–Crippen LogP) is 2.49. The first-order valence-corrected chi connectivity index (χ1v) is 7.11. The molecule has 6 heteroatoms. The van der Waals surface area contributed by atoms with Crippen molar-refractivity contribution in [1.82, 2.24) is 15.3 Å². The molecule has 0 fully saturated rings. The number of nitrogens with one attached hydrogen (secondary N) is 1. The minimum absolute atomic E-state index is 0.214. The van der Waals surface area contributed by atoms with Gasteiger partial charge in [0.1, 0.15) is 11.8 Å². The number of rotatable bonds is 3. The molecule has 3 rings (SSSR count). The Bertz CT molecular complexity index is 833. The third-order valence-electron chi connectivity index (χ3n) is 3.02. The summed E-state index contributed by atoms with van der Waals surface area (Å²) in [6.45, 7) is 0.429. The first kappa shape index (κ1) is 13.2. The third kappa shape index (κ3) is 2.73. The van der Waals surface area contributed by atoms with E-state index in [0.29, 0.717) is 17.8 Å². The molecule has 1 N–H and O–H groups in total. The summed E-state index contributed by atoms with van der Waals surface area (Å²) in [5.74, 6) is -0.214. The molecule has 0 aliphatic carbocycles. The topological polar surface area (TPSA) is 78.7 Å². The monoisotopic (exact) mass is 294 g/mol. The first-order chi connectivity index (χ1) is 10.3. The Morgan fingerprint density at radius 2 is 2.19 bits per heavy atom. The molecule has 0 atom stereocenters. The molecular weight excluding hydrogens is 284 g/mol. The van der Waals surface area contributed by atoms with Gasteiger partial charge in [-0.05, 0) is 23.8 Å². The van der Waals surface area contributed by atoms with Crippen LogP contribution in [0.1, 0.15) is 21.6 Å². The second kappa shape index (κ2) is 5.69. The molecule has 21 heavy (non-hydrogen) atoms.